The van der Waals surface area contributed by atoms with E-state index in [1.165, 1.54) is 6.07 Å². The van der Waals surface area contributed by atoms with E-state index in [4.69, 9.17) is 15.6 Å². The molecule has 1 heterocycles. The van der Waals surface area contributed by atoms with Gasteiger partial charge in [-0.3, -0.25) is 0 Å². The Balaban J connectivity index is 2.33. The number of halogens is 2. The van der Waals surface area contributed by atoms with Gasteiger partial charge in [0.1, 0.15) is 0 Å². The van der Waals surface area contributed by atoms with E-state index >= 15 is 0 Å². The number of aliphatic hydroxyl groups is 1. The largest absolute Gasteiger partial charge is 0.397 e. The van der Waals surface area contributed by atoms with E-state index < -0.39 is 17.7 Å². The Kier molecular flexibility index (Phi) is 3.68. The average molecular weight is 258 g/mol. The first-order chi connectivity index (χ1) is 8.52. The third kappa shape index (κ3) is 2.39. The number of ether oxygens (including phenoxy) is 1. The van der Waals surface area contributed by atoms with E-state index in [1.54, 1.807) is 4.90 Å². The van der Waals surface area contributed by atoms with Gasteiger partial charge in [0.15, 0.2) is 11.6 Å². The van der Waals surface area contributed by atoms with Crippen LogP contribution in [0.1, 0.15) is 6.92 Å². The Morgan fingerprint density at radius 2 is 2.17 bits per heavy atom. The minimum Gasteiger partial charge on any atom is -0.397 e. The number of morpholine rings is 1. The SMILES string of the molecule is CC1CN(c2c(N)ccc(F)c2F)CC(CO)O1. The lowest BCUT2D eigenvalue weighted by molar-refractivity contribution is -0.0422. The van der Waals surface area contributed by atoms with Gasteiger partial charge in [-0.25, -0.2) is 8.78 Å². The number of nitrogen functional groups attached to an aromatic ring is 1. The van der Waals surface area contributed by atoms with Gasteiger partial charge in [0, 0.05) is 13.1 Å². The third-order valence-corrected chi connectivity index (χ3v) is 2.95. The fourth-order valence-corrected chi connectivity index (χ4v) is 2.20. The van der Waals surface area contributed by atoms with Crippen molar-refractivity contribution in [1.29, 1.82) is 0 Å². The molecule has 2 rings (SSSR count). The minimum atomic E-state index is -0.958. The van der Waals surface area contributed by atoms with Crippen molar-refractivity contribution in [3.63, 3.8) is 0 Å². The molecule has 3 N–H and O–H groups in total. The molecule has 2 atom stereocenters. The molecule has 1 aliphatic heterocycles. The zero-order valence-corrected chi connectivity index (χ0v) is 10.1. The molecule has 0 saturated carbocycles. The third-order valence-electron chi connectivity index (χ3n) is 2.95. The van der Waals surface area contributed by atoms with Crippen LogP contribution in [0.3, 0.4) is 0 Å². The van der Waals surface area contributed by atoms with Crippen LogP contribution in [-0.4, -0.2) is 37.0 Å². The average Bonchev–Trinajstić information content (AvgIpc) is 2.34. The molecule has 1 aromatic rings. The number of rotatable bonds is 2. The maximum atomic E-state index is 13.8. The second-order valence-electron chi connectivity index (χ2n) is 4.46. The van der Waals surface area contributed by atoms with Gasteiger partial charge in [-0.1, -0.05) is 0 Å². The van der Waals surface area contributed by atoms with E-state index in [2.05, 4.69) is 0 Å². The second kappa shape index (κ2) is 5.07. The summed E-state index contributed by atoms with van der Waals surface area (Å²) < 4.78 is 32.5. The monoisotopic (exact) mass is 258 g/mol. The van der Waals surface area contributed by atoms with Gasteiger partial charge in [0.2, 0.25) is 0 Å². The molecule has 0 spiro atoms. The maximum Gasteiger partial charge on any atom is 0.184 e. The quantitative estimate of drug-likeness (QED) is 0.781. The van der Waals surface area contributed by atoms with E-state index in [0.717, 1.165) is 6.07 Å². The molecule has 4 nitrogen and oxygen atoms in total. The standard InChI is InChI=1S/C12H16F2N2O2/c1-7-4-16(5-8(6-17)18-7)12-10(15)3-2-9(13)11(12)14/h2-3,7-8,17H,4-6,15H2,1H3. The van der Waals surface area contributed by atoms with Crippen LogP contribution in [0.25, 0.3) is 0 Å². The molecule has 0 aromatic heterocycles. The van der Waals surface area contributed by atoms with Crippen LogP contribution in [0.2, 0.25) is 0 Å². The van der Waals surface area contributed by atoms with Gasteiger partial charge in [-0.2, -0.15) is 0 Å². The van der Waals surface area contributed by atoms with Gasteiger partial charge in [-0.05, 0) is 19.1 Å². The Hall–Kier alpha value is -1.40. The highest BCUT2D eigenvalue weighted by molar-refractivity contribution is 5.68. The molecule has 0 aliphatic carbocycles. The summed E-state index contributed by atoms with van der Waals surface area (Å²) in [6, 6.07) is 2.34. The highest BCUT2D eigenvalue weighted by Crippen LogP contribution is 2.30. The first-order valence-corrected chi connectivity index (χ1v) is 5.77. The number of nitrogens with zero attached hydrogens (tertiary/aromatic N) is 1. The second-order valence-corrected chi connectivity index (χ2v) is 4.46. The smallest absolute Gasteiger partial charge is 0.184 e. The molecular weight excluding hydrogens is 242 g/mol. The number of hydrogen-bond donors (Lipinski definition) is 2. The van der Waals surface area contributed by atoms with Crippen molar-refractivity contribution in [1.82, 2.24) is 0 Å². The Morgan fingerprint density at radius 3 is 2.83 bits per heavy atom. The molecule has 6 heteroatoms. The molecule has 2 unspecified atom stereocenters. The van der Waals surface area contributed by atoms with Crippen LogP contribution in [0.5, 0.6) is 0 Å². The molecule has 0 radical (unpaired) electrons. The van der Waals surface area contributed by atoms with Crippen molar-refractivity contribution >= 4 is 11.4 Å². The lowest BCUT2D eigenvalue weighted by atomic mass is 10.1. The van der Waals surface area contributed by atoms with Gasteiger partial charge >= 0.3 is 0 Å². The summed E-state index contributed by atoms with van der Waals surface area (Å²) >= 11 is 0. The number of anilines is 2. The number of benzene rings is 1. The van der Waals surface area contributed by atoms with Crippen LogP contribution in [0, 0.1) is 11.6 Å². The lowest BCUT2D eigenvalue weighted by Gasteiger charge is -2.38. The normalized spacial score (nSPS) is 24.3. The van der Waals surface area contributed by atoms with Crippen molar-refractivity contribution in [3.05, 3.63) is 23.8 Å². The predicted molar refractivity (Wildman–Crippen MR) is 64.4 cm³/mol. The molecule has 1 fully saturated rings. The highest BCUT2D eigenvalue weighted by atomic mass is 19.2. The van der Waals surface area contributed by atoms with Crippen LogP contribution < -0.4 is 10.6 Å². The molecule has 1 aromatic carbocycles. The Bertz CT molecular complexity index is 442. The molecule has 1 aliphatic rings. The maximum absolute atomic E-state index is 13.8. The van der Waals surface area contributed by atoms with Crippen molar-refractivity contribution in [3.8, 4) is 0 Å². The fraction of sp³-hybridized carbons (Fsp3) is 0.500. The van der Waals surface area contributed by atoms with Crippen molar-refractivity contribution < 1.29 is 18.6 Å². The zero-order chi connectivity index (χ0) is 13.3. The van der Waals surface area contributed by atoms with E-state index in [0.29, 0.717) is 6.54 Å². The summed E-state index contributed by atoms with van der Waals surface area (Å²) in [6.45, 7) is 2.33. The summed E-state index contributed by atoms with van der Waals surface area (Å²) in [5, 5.41) is 9.12. The Labute approximate surface area is 104 Å². The van der Waals surface area contributed by atoms with Crippen LogP contribution in [0.15, 0.2) is 12.1 Å². The summed E-state index contributed by atoms with van der Waals surface area (Å²) in [7, 11) is 0. The highest BCUT2D eigenvalue weighted by Gasteiger charge is 2.28. The molecule has 100 valence electrons. The number of aliphatic hydroxyl groups excluding tert-OH is 1. The first-order valence-electron chi connectivity index (χ1n) is 5.77. The van der Waals surface area contributed by atoms with Crippen molar-refractivity contribution in [2.75, 3.05) is 30.3 Å². The van der Waals surface area contributed by atoms with Crippen LogP contribution in [0.4, 0.5) is 20.2 Å². The number of hydrogen-bond acceptors (Lipinski definition) is 4. The molecule has 1 saturated heterocycles. The molecule has 0 amide bonds. The van der Waals surface area contributed by atoms with Gasteiger partial charge < -0.3 is 20.5 Å². The Morgan fingerprint density at radius 1 is 1.44 bits per heavy atom. The van der Waals surface area contributed by atoms with E-state index in [9.17, 15) is 8.78 Å². The summed E-state index contributed by atoms with van der Waals surface area (Å²) in [5.74, 6) is -1.89. The van der Waals surface area contributed by atoms with Crippen LogP contribution in [-0.2, 0) is 4.74 Å². The van der Waals surface area contributed by atoms with Gasteiger partial charge in [0.25, 0.3) is 0 Å². The first kappa shape index (κ1) is 13.0. The van der Waals surface area contributed by atoms with Gasteiger partial charge in [-0.15, -0.1) is 0 Å². The summed E-state index contributed by atoms with van der Waals surface area (Å²) in [5.41, 5.74) is 5.93. The van der Waals surface area contributed by atoms with E-state index in [1.807, 2.05) is 6.92 Å². The summed E-state index contributed by atoms with van der Waals surface area (Å²) in [6.07, 6.45) is -0.603. The lowest BCUT2D eigenvalue weighted by Crippen LogP contribution is -2.48. The van der Waals surface area contributed by atoms with E-state index in [-0.39, 0.29) is 30.6 Å². The molecule has 18 heavy (non-hydrogen) atoms. The van der Waals surface area contributed by atoms with Crippen molar-refractivity contribution in [2.45, 2.75) is 19.1 Å². The zero-order valence-electron chi connectivity index (χ0n) is 10.1. The fourth-order valence-electron chi connectivity index (χ4n) is 2.20. The summed E-state index contributed by atoms with van der Waals surface area (Å²) in [4.78, 5) is 1.61. The van der Waals surface area contributed by atoms with Crippen LogP contribution >= 0.6 is 0 Å². The predicted octanol–water partition coefficient (Wildman–Crippen LogP) is 1.13. The van der Waals surface area contributed by atoms with Crippen molar-refractivity contribution in [2.24, 2.45) is 0 Å². The minimum absolute atomic E-state index is 0.0450. The topological polar surface area (TPSA) is 58.7 Å². The molecule has 0 bridgehead atoms. The molecular formula is C12H16F2N2O2. The van der Waals surface area contributed by atoms with Gasteiger partial charge in [0.05, 0.1) is 30.2 Å². The number of nitrogens with two attached hydrogens (primary N) is 1.